The number of rotatable bonds is 4. The highest BCUT2D eigenvalue weighted by Crippen LogP contribution is 2.28. The molecule has 0 bridgehead atoms. The van der Waals surface area contributed by atoms with Crippen LogP contribution in [0.1, 0.15) is 32.3 Å². The topological polar surface area (TPSA) is 40.6 Å². The molecule has 2 atom stereocenters. The minimum absolute atomic E-state index is 0. The van der Waals surface area contributed by atoms with E-state index in [0.29, 0.717) is 10.9 Å². The van der Waals surface area contributed by atoms with Crippen molar-refractivity contribution in [1.82, 2.24) is 9.21 Å². The Kier molecular flexibility index (Phi) is 6.72. The van der Waals surface area contributed by atoms with E-state index >= 15 is 0 Å². The molecule has 1 aromatic rings. The first-order valence-corrected chi connectivity index (χ1v) is 10.4. The first-order valence-electron chi connectivity index (χ1n) is 8.91. The Morgan fingerprint density at radius 1 is 1.12 bits per heavy atom. The normalized spacial score (nSPS) is 24.2. The number of likely N-dealkylation sites (N-methyl/N-ethyl adjacent to an activating group) is 1. The molecule has 0 saturated carbocycles. The fourth-order valence-corrected chi connectivity index (χ4v) is 5.08. The number of benzene rings is 1. The lowest BCUT2D eigenvalue weighted by atomic mass is 10.0. The van der Waals surface area contributed by atoms with Crippen LogP contribution in [0.25, 0.3) is 0 Å². The molecule has 6 heteroatoms. The molecule has 0 fully saturated rings. The van der Waals surface area contributed by atoms with Gasteiger partial charge in [-0.05, 0) is 51.3 Å². The van der Waals surface area contributed by atoms with E-state index in [2.05, 4.69) is 30.9 Å². The smallest absolute Gasteiger partial charge is 0.243 e. The third kappa shape index (κ3) is 4.22. The van der Waals surface area contributed by atoms with Crippen molar-refractivity contribution < 1.29 is 8.42 Å². The molecule has 2 aliphatic rings. The maximum absolute atomic E-state index is 12.9. The van der Waals surface area contributed by atoms with Crippen molar-refractivity contribution in [3.05, 3.63) is 53.1 Å². The van der Waals surface area contributed by atoms with Crippen LogP contribution in [0.4, 0.5) is 0 Å². The summed E-state index contributed by atoms with van der Waals surface area (Å²) in [5, 5.41) is 0. The highest BCUT2D eigenvalue weighted by atomic mass is 35.5. The third-order valence-corrected chi connectivity index (χ3v) is 7.46. The number of nitrogens with zero attached hydrogens (tertiary/aromatic N) is 2. The van der Waals surface area contributed by atoms with Crippen LogP contribution < -0.4 is 0 Å². The van der Waals surface area contributed by atoms with E-state index in [1.807, 2.05) is 13.0 Å². The molecular formula is C20H29ClN2O2S. The molecule has 1 aliphatic heterocycles. The summed E-state index contributed by atoms with van der Waals surface area (Å²) in [6.07, 6.45) is 6.17. The van der Waals surface area contributed by atoms with Gasteiger partial charge in [-0.15, -0.1) is 12.4 Å². The molecule has 0 unspecified atom stereocenters. The Bertz CT molecular complexity index is 817. The molecule has 1 aliphatic carbocycles. The van der Waals surface area contributed by atoms with Gasteiger partial charge in [0, 0.05) is 32.2 Å². The highest BCUT2D eigenvalue weighted by molar-refractivity contribution is 7.89. The maximum atomic E-state index is 12.9. The molecule has 144 valence electrons. The van der Waals surface area contributed by atoms with Gasteiger partial charge in [0.2, 0.25) is 10.0 Å². The second-order valence-electron chi connectivity index (χ2n) is 7.37. The van der Waals surface area contributed by atoms with E-state index in [1.54, 1.807) is 25.2 Å². The number of aryl methyl sites for hydroxylation is 1. The van der Waals surface area contributed by atoms with Crippen molar-refractivity contribution in [3.8, 4) is 0 Å². The van der Waals surface area contributed by atoms with Gasteiger partial charge in [0.25, 0.3) is 0 Å². The zero-order valence-corrected chi connectivity index (χ0v) is 17.6. The van der Waals surface area contributed by atoms with E-state index in [4.69, 9.17) is 0 Å². The summed E-state index contributed by atoms with van der Waals surface area (Å²) in [7, 11) is -1.77. The molecule has 0 spiro atoms. The summed E-state index contributed by atoms with van der Waals surface area (Å²) in [5.41, 5.74) is 3.90. The Morgan fingerprint density at radius 3 is 2.50 bits per heavy atom. The van der Waals surface area contributed by atoms with Crippen LogP contribution in [0, 0.1) is 6.92 Å². The van der Waals surface area contributed by atoms with Crippen LogP contribution in [0.2, 0.25) is 0 Å². The van der Waals surface area contributed by atoms with Crippen molar-refractivity contribution in [3.63, 3.8) is 0 Å². The number of sulfonamides is 1. The Hall–Kier alpha value is -1.14. The maximum Gasteiger partial charge on any atom is 0.243 e. The zero-order chi connectivity index (χ0) is 18.2. The van der Waals surface area contributed by atoms with Gasteiger partial charge in [-0.1, -0.05) is 35.4 Å². The van der Waals surface area contributed by atoms with Gasteiger partial charge in [-0.25, -0.2) is 8.42 Å². The molecule has 0 amide bonds. The first-order chi connectivity index (χ1) is 11.8. The Morgan fingerprint density at radius 2 is 1.85 bits per heavy atom. The Labute approximate surface area is 164 Å². The lowest BCUT2D eigenvalue weighted by Crippen LogP contribution is -2.41. The summed E-state index contributed by atoms with van der Waals surface area (Å²) in [6, 6.07) is 7.37. The molecule has 3 rings (SSSR count). The van der Waals surface area contributed by atoms with Crippen LogP contribution >= 0.6 is 12.4 Å². The Balaban J connectivity index is 0.00000243. The van der Waals surface area contributed by atoms with Gasteiger partial charge < -0.3 is 0 Å². The van der Waals surface area contributed by atoms with Crippen molar-refractivity contribution in [2.75, 3.05) is 20.1 Å². The standard InChI is InChI=1S/C20H28N2O2S.ClH/c1-15-6-5-7-20(12-15)25(23,24)21(4)18-8-9-19(13-18)22-11-10-16(2)17(3)14-22;/h5-9,12,18-19H,10-11,13-14H2,1-4H3;1H/t18-,19+;/m1./s1. The second kappa shape index (κ2) is 8.26. The lowest BCUT2D eigenvalue weighted by Gasteiger charge is -2.34. The first kappa shape index (κ1) is 21.2. The second-order valence-corrected chi connectivity index (χ2v) is 9.37. The van der Waals surface area contributed by atoms with Gasteiger partial charge in [0.15, 0.2) is 0 Å². The van der Waals surface area contributed by atoms with Crippen LogP contribution in [0.15, 0.2) is 52.5 Å². The highest BCUT2D eigenvalue weighted by Gasteiger charge is 2.33. The average Bonchev–Trinajstić information content (AvgIpc) is 3.06. The molecule has 1 heterocycles. The van der Waals surface area contributed by atoms with Gasteiger partial charge in [-0.3, -0.25) is 4.90 Å². The monoisotopic (exact) mass is 396 g/mol. The molecule has 1 aromatic carbocycles. The summed E-state index contributed by atoms with van der Waals surface area (Å²) >= 11 is 0. The van der Waals surface area contributed by atoms with Crippen molar-refractivity contribution in [1.29, 1.82) is 0 Å². The van der Waals surface area contributed by atoms with Crippen LogP contribution in [-0.2, 0) is 10.0 Å². The van der Waals surface area contributed by atoms with Crippen molar-refractivity contribution in [2.45, 2.75) is 50.6 Å². The molecule has 26 heavy (non-hydrogen) atoms. The summed E-state index contributed by atoms with van der Waals surface area (Å²) in [5.74, 6) is 0. The zero-order valence-electron chi connectivity index (χ0n) is 16.0. The number of hydrogen-bond donors (Lipinski definition) is 0. The number of halogens is 1. The molecular weight excluding hydrogens is 368 g/mol. The summed E-state index contributed by atoms with van der Waals surface area (Å²) in [4.78, 5) is 2.84. The minimum atomic E-state index is -3.46. The number of hydrogen-bond acceptors (Lipinski definition) is 3. The lowest BCUT2D eigenvalue weighted by molar-refractivity contribution is 0.221. The largest absolute Gasteiger partial charge is 0.293 e. The molecule has 0 saturated heterocycles. The van der Waals surface area contributed by atoms with E-state index in [9.17, 15) is 8.42 Å². The van der Waals surface area contributed by atoms with Crippen LogP contribution in [0.3, 0.4) is 0 Å². The summed E-state index contributed by atoms with van der Waals surface area (Å²) < 4.78 is 27.4. The van der Waals surface area contributed by atoms with E-state index < -0.39 is 10.0 Å². The van der Waals surface area contributed by atoms with E-state index in [1.165, 1.54) is 15.5 Å². The molecule has 0 aromatic heterocycles. The van der Waals surface area contributed by atoms with Gasteiger partial charge in [0.05, 0.1) is 4.90 Å². The van der Waals surface area contributed by atoms with Gasteiger partial charge in [0.1, 0.15) is 0 Å². The van der Waals surface area contributed by atoms with Crippen molar-refractivity contribution >= 4 is 22.4 Å². The fourth-order valence-electron chi connectivity index (χ4n) is 3.65. The molecule has 0 radical (unpaired) electrons. The van der Waals surface area contributed by atoms with Crippen molar-refractivity contribution in [2.24, 2.45) is 0 Å². The van der Waals surface area contributed by atoms with E-state index in [0.717, 1.165) is 31.5 Å². The SMILES string of the molecule is CC1=C(C)CN([C@H]2C=C[C@@H](N(C)S(=O)(=O)c3cccc(C)c3)C2)CC1.Cl. The fraction of sp³-hybridized carbons (Fsp3) is 0.500. The average molecular weight is 397 g/mol. The predicted molar refractivity (Wildman–Crippen MR) is 109 cm³/mol. The van der Waals surface area contributed by atoms with Gasteiger partial charge >= 0.3 is 0 Å². The minimum Gasteiger partial charge on any atom is -0.293 e. The quantitative estimate of drug-likeness (QED) is 0.727. The van der Waals surface area contributed by atoms with Gasteiger partial charge in [-0.2, -0.15) is 4.31 Å². The van der Waals surface area contributed by atoms with Crippen LogP contribution in [0.5, 0.6) is 0 Å². The van der Waals surface area contributed by atoms with Crippen LogP contribution in [-0.4, -0.2) is 49.8 Å². The summed E-state index contributed by atoms with van der Waals surface area (Å²) in [6.45, 7) is 8.37. The third-order valence-electron chi connectivity index (χ3n) is 5.58. The predicted octanol–water partition coefficient (Wildman–Crippen LogP) is 3.78. The van der Waals surface area contributed by atoms with E-state index in [-0.39, 0.29) is 18.4 Å². The molecule has 4 nitrogen and oxygen atoms in total. The molecule has 0 N–H and O–H groups in total.